The third-order valence-corrected chi connectivity index (χ3v) is 4.95. The molecule has 0 aliphatic rings. The fourth-order valence-electron chi connectivity index (χ4n) is 1.72. The van der Waals surface area contributed by atoms with Crippen LogP contribution in [0.1, 0.15) is 11.6 Å². The van der Waals surface area contributed by atoms with Crippen molar-refractivity contribution >= 4 is 26.0 Å². The van der Waals surface area contributed by atoms with Gasteiger partial charge in [-0.05, 0) is 23.0 Å². The highest BCUT2D eigenvalue weighted by Crippen LogP contribution is 2.25. The first kappa shape index (κ1) is 16.1. The Labute approximate surface area is 131 Å². The van der Waals surface area contributed by atoms with Crippen molar-refractivity contribution in [1.82, 2.24) is 24.8 Å². The van der Waals surface area contributed by atoms with Gasteiger partial charge in [-0.2, -0.15) is 5.10 Å². The lowest BCUT2D eigenvalue weighted by Gasteiger charge is -2.03. The molecule has 0 saturated carbocycles. The molecule has 0 aliphatic heterocycles. The maximum absolute atomic E-state index is 12.2. The highest BCUT2D eigenvalue weighted by molar-refractivity contribution is 9.10. The Morgan fingerprint density at radius 1 is 1.48 bits per heavy atom. The van der Waals surface area contributed by atoms with Crippen LogP contribution in [0, 0.1) is 0 Å². The van der Waals surface area contributed by atoms with Gasteiger partial charge in [0.2, 0.25) is 10.0 Å². The van der Waals surface area contributed by atoms with Crippen LogP contribution in [0.5, 0.6) is 0 Å². The summed E-state index contributed by atoms with van der Waals surface area (Å²) in [5.41, 5.74) is 0. The summed E-state index contributed by atoms with van der Waals surface area (Å²) in [6.07, 6.45) is 1.99. The third-order valence-electron chi connectivity index (χ3n) is 2.63. The van der Waals surface area contributed by atoms with Crippen LogP contribution in [0.25, 0.3) is 0 Å². The number of hydrogen-bond acceptors (Lipinski definition) is 6. The van der Waals surface area contributed by atoms with Gasteiger partial charge in [-0.1, -0.05) is 0 Å². The summed E-state index contributed by atoms with van der Waals surface area (Å²) in [6, 6.07) is 1.49. The molecule has 116 valence electrons. The minimum absolute atomic E-state index is 0.0849. The maximum Gasteiger partial charge on any atom is 0.244 e. The first-order valence-corrected chi connectivity index (χ1v) is 8.47. The number of aryl methyl sites for hydroxylation is 1. The summed E-state index contributed by atoms with van der Waals surface area (Å²) < 4.78 is 34.0. The van der Waals surface area contributed by atoms with Gasteiger partial charge < -0.3 is 9.73 Å². The predicted octanol–water partition coefficient (Wildman–Crippen LogP) is 0.411. The molecule has 0 spiro atoms. The van der Waals surface area contributed by atoms with E-state index in [0.29, 0.717) is 24.6 Å². The third kappa shape index (κ3) is 4.13. The largest absolute Gasteiger partial charge is 0.452 e. The molecule has 0 unspecified atom stereocenters. The lowest BCUT2D eigenvalue weighted by molar-refractivity contribution is 0.470. The van der Waals surface area contributed by atoms with Gasteiger partial charge in [0.15, 0.2) is 10.5 Å². The number of rotatable bonds is 7. The van der Waals surface area contributed by atoms with Gasteiger partial charge in [-0.15, -0.1) is 0 Å². The van der Waals surface area contributed by atoms with Crippen molar-refractivity contribution in [3.63, 3.8) is 0 Å². The van der Waals surface area contributed by atoms with E-state index in [4.69, 9.17) is 4.42 Å². The number of nitrogens with one attached hydrogen (secondary N) is 2. The average Bonchev–Trinajstić information content (AvgIpc) is 2.96. The Morgan fingerprint density at radius 3 is 2.86 bits per heavy atom. The summed E-state index contributed by atoms with van der Waals surface area (Å²) >= 11 is 3.12. The first-order valence-electron chi connectivity index (χ1n) is 6.19. The molecule has 0 bridgehead atoms. The number of furan rings is 1. The van der Waals surface area contributed by atoms with Crippen molar-refractivity contribution in [1.29, 1.82) is 0 Å². The Hall–Kier alpha value is -1.23. The second-order valence-electron chi connectivity index (χ2n) is 4.36. The van der Waals surface area contributed by atoms with Gasteiger partial charge in [0.25, 0.3) is 0 Å². The zero-order valence-electron chi connectivity index (χ0n) is 11.6. The molecular weight excluding hydrogens is 362 g/mol. The molecule has 8 nitrogen and oxygen atoms in total. The molecule has 0 amide bonds. The van der Waals surface area contributed by atoms with E-state index in [0.717, 1.165) is 0 Å². The number of hydrogen-bond donors (Lipinski definition) is 2. The minimum Gasteiger partial charge on any atom is -0.452 e. The van der Waals surface area contributed by atoms with E-state index >= 15 is 0 Å². The molecule has 0 radical (unpaired) electrons. The molecule has 0 atom stereocenters. The second-order valence-corrected chi connectivity index (χ2v) is 6.82. The molecule has 21 heavy (non-hydrogen) atoms. The highest BCUT2D eigenvalue weighted by Gasteiger charge is 2.22. The molecule has 2 N–H and O–H groups in total. The van der Waals surface area contributed by atoms with Crippen molar-refractivity contribution in [2.45, 2.75) is 17.9 Å². The predicted molar refractivity (Wildman–Crippen MR) is 79.1 cm³/mol. The van der Waals surface area contributed by atoms with E-state index in [-0.39, 0.29) is 16.1 Å². The smallest absolute Gasteiger partial charge is 0.244 e. The van der Waals surface area contributed by atoms with Crippen molar-refractivity contribution in [3.8, 4) is 0 Å². The second kappa shape index (κ2) is 6.69. The fourth-order valence-corrected chi connectivity index (χ4v) is 3.74. The lowest BCUT2D eigenvalue weighted by atomic mass is 10.4. The molecule has 0 saturated heterocycles. The zero-order chi connectivity index (χ0) is 15.5. The van der Waals surface area contributed by atoms with Gasteiger partial charge in [0, 0.05) is 26.1 Å². The highest BCUT2D eigenvalue weighted by atomic mass is 79.9. The Balaban J connectivity index is 2.01. The minimum atomic E-state index is -3.63. The maximum atomic E-state index is 12.2. The van der Waals surface area contributed by atoms with Gasteiger partial charge in [0.1, 0.15) is 17.0 Å². The van der Waals surface area contributed by atoms with Crippen LogP contribution in [0.3, 0.4) is 0 Å². The average molecular weight is 378 g/mol. The van der Waals surface area contributed by atoms with Crippen LogP contribution in [-0.4, -0.2) is 36.8 Å². The summed E-state index contributed by atoms with van der Waals surface area (Å²) in [6.45, 7) is 0.664. The number of sulfonamides is 1. The summed E-state index contributed by atoms with van der Waals surface area (Å²) in [7, 11) is -0.123. The zero-order valence-corrected chi connectivity index (χ0v) is 14.0. The number of aromatic nitrogens is 3. The Morgan fingerprint density at radius 2 is 2.24 bits per heavy atom. The van der Waals surface area contributed by atoms with E-state index in [2.05, 4.69) is 36.1 Å². The van der Waals surface area contributed by atoms with Gasteiger partial charge in [-0.25, -0.2) is 18.1 Å². The molecular formula is C11H16BrN5O3S. The Kier molecular flexibility index (Phi) is 5.14. The van der Waals surface area contributed by atoms with E-state index in [1.807, 2.05) is 0 Å². The van der Waals surface area contributed by atoms with Crippen LogP contribution >= 0.6 is 15.9 Å². The van der Waals surface area contributed by atoms with Crippen LogP contribution in [-0.2, 0) is 30.0 Å². The van der Waals surface area contributed by atoms with E-state index in [1.54, 1.807) is 25.1 Å². The van der Waals surface area contributed by atoms with Crippen LogP contribution in [0.2, 0.25) is 0 Å². The van der Waals surface area contributed by atoms with Crippen LogP contribution in [0.4, 0.5) is 0 Å². The summed E-state index contributed by atoms with van der Waals surface area (Å²) in [5.74, 6) is 1.12. The molecule has 10 heteroatoms. The molecule has 0 aliphatic carbocycles. The summed E-state index contributed by atoms with van der Waals surface area (Å²) in [4.78, 5) is 4.12. The van der Waals surface area contributed by atoms with Crippen LogP contribution < -0.4 is 10.0 Å². The quantitative estimate of drug-likeness (QED) is 0.724. The van der Waals surface area contributed by atoms with Gasteiger partial charge >= 0.3 is 0 Å². The molecule has 0 aromatic carbocycles. The van der Waals surface area contributed by atoms with E-state index in [1.165, 1.54) is 6.07 Å². The van der Waals surface area contributed by atoms with Crippen LogP contribution in [0.15, 0.2) is 26.4 Å². The molecule has 0 fully saturated rings. The lowest BCUT2D eigenvalue weighted by Crippen LogP contribution is -2.26. The van der Waals surface area contributed by atoms with Crippen molar-refractivity contribution in [3.05, 3.63) is 28.6 Å². The topological polar surface area (TPSA) is 102 Å². The summed E-state index contributed by atoms with van der Waals surface area (Å²) in [5, 5.41) is 6.98. The molecule has 2 heterocycles. The monoisotopic (exact) mass is 377 g/mol. The Bertz CT molecular complexity index is 709. The number of nitrogens with zero attached hydrogens (tertiary/aromatic N) is 3. The fraction of sp³-hybridized carbons (Fsp3) is 0.455. The molecule has 2 aromatic rings. The van der Waals surface area contributed by atoms with E-state index < -0.39 is 10.0 Å². The number of halogens is 1. The van der Waals surface area contributed by atoms with Crippen molar-refractivity contribution in [2.24, 2.45) is 7.05 Å². The standard InChI is InChI=1S/C11H16BrN5O3S/c1-13-6-8-5-9(11(12)20-8)21(18,19)15-4-3-10-14-7-17(2)16-10/h5,7,13,15H,3-4,6H2,1-2H3. The first-order chi connectivity index (χ1) is 9.92. The van der Waals surface area contributed by atoms with Crippen molar-refractivity contribution in [2.75, 3.05) is 13.6 Å². The normalized spacial score (nSPS) is 12.0. The SMILES string of the molecule is CNCc1cc(S(=O)(=O)NCCc2ncn(C)n2)c(Br)o1. The van der Waals surface area contributed by atoms with Gasteiger partial charge in [0.05, 0.1) is 6.54 Å². The van der Waals surface area contributed by atoms with E-state index in [9.17, 15) is 8.42 Å². The molecule has 2 aromatic heterocycles. The van der Waals surface area contributed by atoms with Gasteiger partial charge in [-0.3, -0.25) is 4.68 Å². The molecule has 2 rings (SSSR count). The van der Waals surface area contributed by atoms with Crippen molar-refractivity contribution < 1.29 is 12.8 Å².